The Kier molecular flexibility index (Phi) is 6.83. The number of piperidine rings is 1. The van der Waals surface area contributed by atoms with Crippen molar-refractivity contribution in [2.24, 2.45) is 5.92 Å². The number of carbonyl (C=O) groups excluding carboxylic acids is 1. The second-order valence-electron chi connectivity index (χ2n) is 6.14. The highest BCUT2D eigenvalue weighted by molar-refractivity contribution is 9.10. The van der Waals surface area contributed by atoms with Crippen LogP contribution in [-0.4, -0.2) is 37.0 Å². The zero-order valence-electron chi connectivity index (χ0n) is 13.1. The Hall–Kier alpha value is -0.940. The number of nitrogens with zero attached hydrogens (tertiary/aromatic N) is 1. The van der Waals surface area contributed by atoms with Gasteiger partial charge in [0, 0.05) is 17.6 Å². The van der Waals surface area contributed by atoms with Crippen LogP contribution >= 0.6 is 15.9 Å². The maximum Gasteiger partial charge on any atom is 0.252 e. The van der Waals surface area contributed by atoms with Gasteiger partial charge in [-0.3, -0.25) is 4.79 Å². The summed E-state index contributed by atoms with van der Waals surface area (Å²) >= 11 is 3.28. The minimum absolute atomic E-state index is 0.224. The maximum absolute atomic E-state index is 13.2. The molecule has 1 fully saturated rings. The lowest BCUT2D eigenvalue weighted by molar-refractivity contribution is 0.0951. The molecule has 0 bridgehead atoms. The normalized spacial score (nSPS) is 19.1. The average molecular weight is 371 g/mol. The number of nitrogens with one attached hydrogen (secondary N) is 1. The third kappa shape index (κ3) is 5.36. The molecule has 0 spiro atoms. The summed E-state index contributed by atoms with van der Waals surface area (Å²) in [5.41, 5.74) is 0.352. The SMILES string of the molecule is C[C@@H]1CCCN(CCCCNC(=O)c2cc(F)ccc2Br)C1. The first-order valence-corrected chi connectivity index (χ1v) is 8.81. The van der Waals surface area contributed by atoms with Crippen LogP contribution in [0.1, 0.15) is 43.0 Å². The molecule has 0 unspecified atom stereocenters. The minimum atomic E-state index is -0.396. The van der Waals surface area contributed by atoms with E-state index < -0.39 is 5.82 Å². The van der Waals surface area contributed by atoms with Crippen molar-refractivity contribution in [3.8, 4) is 0 Å². The summed E-state index contributed by atoms with van der Waals surface area (Å²) in [6, 6.07) is 4.15. The molecular formula is C17H24BrFN2O. The van der Waals surface area contributed by atoms with E-state index in [0.717, 1.165) is 25.3 Å². The van der Waals surface area contributed by atoms with Gasteiger partial charge in [-0.25, -0.2) is 4.39 Å². The number of hydrogen-bond donors (Lipinski definition) is 1. The van der Waals surface area contributed by atoms with Crippen molar-refractivity contribution < 1.29 is 9.18 Å². The Balaban J connectivity index is 1.66. The van der Waals surface area contributed by atoms with Gasteiger partial charge in [-0.15, -0.1) is 0 Å². The first kappa shape index (κ1) is 17.4. The summed E-state index contributed by atoms with van der Waals surface area (Å²) in [5, 5.41) is 2.86. The van der Waals surface area contributed by atoms with Crippen LogP contribution in [0, 0.1) is 11.7 Å². The van der Waals surface area contributed by atoms with E-state index in [-0.39, 0.29) is 5.91 Å². The van der Waals surface area contributed by atoms with Crippen molar-refractivity contribution in [3.63, 3.8) is 0 Å². The molecule has 1 saturated heterocycles. The number of halogens is 2. The van der Waals surface area contributed by atoms with Gasteiger partial charge in [-0.05, 0) is 78.8 Å². The summed E-state index contributed by atoms with van der Waals surface area (Å²) in [7, 11) is 0. The molecule has 3 nitrogen and oxygen atoms in total. The summed E-state index contributed by atoms with van der Waals surface area (Å²) in [4.78, 5) is 14.5. The molecule has 1 amide bonds. The van der Waals surface area contributed by atoms with Crippen LogP contribution in [0.15, 0.2) is 22.7 Å². The van der Waals surface area contributed by atoms with E-state index in [1.807, 2.05) is 0 Å². The summed E-state index contributed by atoms with van der Waals surface area (Å²) in [5.74, 6) is 0.185. The predicted molar refractivity (Wildman–Crippen MR) is 90.5 cm³/mol. The van der Waals surface area contributed by atoms with Crippen LogP contribution in [0.2, 0.25) is 0 Å². The number of likely N-dealkylation sites (tertiary alicyclic amines) is 1. The Bertz CT molecular complexity index is 509. The zero-order valence-corrected chi connectivity index (χ0v) is 14.7. The largest absolute Gasteiger partial charge is 0.352 e. The number of amides is 1. The molecule has 0 saturated carbocycles. The smallest absolute Gasteiger partial charge is 0.252 e. The second kappa shape index (κ2) is 8.63. The molecule has 0 aliphatic carbocycles. The summed E-state index contributed by atoms with van der Waals surface area (Å²) in [6.07, 6.45) is 4.67. The number of rotatable bonds is 6. The standard InChI is InChI=1S/C17H24BrFN2O/c1-13-5-4-10-21(12-13)9-3-2-8-20-17(22)15-11-14(19)6-7-16(15)18/h6-7,11,13H,2-5,8-10,12H2,1H3,(H,20,22)/t13-/m1/s1. The molecule has 1 aliphatic rings. The lowest BCUT2D eigenvalue weighted by Crippen LogP contribution is -2.35. The van der Waals surface area contributed by atoms with Gasteiger partial charge in [0.15, 0.2) is 0 Å². The van der Waals surface area contributed by atoms with E-state index in [0.29, 0.717) is 16.6 Å². The molecule has 0 radical (unpaired) electrons. The van der Waals surface area contributed by atoms with Crippen LogP contribution in [0.4, 0.5) is 4.39 Å². The molecule has 0 aromatic heterocycles. The van der Waals surface area contributed by atoms with E-state index in [2.05, 4.69) is 33.1 Å². The maximum atomic E-state index is 13.2. The average Bonchev–Trinajstić information content (AvgIpc) is 2.49. The Labute approximate surface area is 140 Å². The van der Waals surface area contributed by atoms with Gasteiger partial charge in [-0.2, -0.15) is 0 Å². The summed E-state index contributed by atoms with van der Waals surface area (Å²) < 4.78 is 13.8. The molecule has 1 atom stereocenters. The molecule has 1 heterocycles. The molecule has 22 heavy (non-hydrogen) atoms. The highest BCUT2D eigenvalue weighted by Crippen LogP contribution is 2.18. The number of carbonyl (C=O) groups is 1. The van der Waals surface area contributed by atoms with E-state index in [9.17, 15) is 9.18 Å². The quantitative estimate of drug-likeness (QED) is 0.771. The molecule has 5 heteroatoms. The van der Waals surface area contributed by atoms with Gasteiger partial charge in [0.05, 0.1) is 5.56 Å². The van der Waals surface area contributed by atoms with Gasteiger partial charge < -0.3 is 10.2 Å². The van der Waals surface area contributed by atoms with Crippen molar-refractivity contribution in [1.82, 2.24) is 10.2 Å². The number of hydrogen-bond acceptors (Lipinski definition) is 2. The monoisotopic (exact) mass is 370 g/mol. The fourth-order valence-electron chi connectivity index (χ4n) is 2.92. The lowest BCUT2D eigenvalue weighted by Gasteiger charge is -2.30. The molecule has 1 aromatic rings. The first-order valence-electron chi connectivity index (χ1n) is 8.02. The van der Waals surface area contributed by atoms with Crippen LogP contribution in [0.3, 0.4) is 0 Å². The topological polar surface area (TPSA) is 32.3 Å². The molecular weight excluding hydrogens is 347 g/mol. The van der Waals surface area contributed by atoms with E-state index in [1.54, 1.807) is 6.07 Å². The van der Waals surface area contributed by atoms with Gasteiger partial charge >= 0.3 is 0 Å². The zero-order chi connectivity index (χ0) is 15.9. The fraction of sp³-hybridized carbons (Fsp3) is 0.588. The second-order valence-corrected chi connectivity index (χ2v) is 6.99. The Morgan fingerprint density at radius 2 is 2.27 bits per heavy atom. The first-order chi connectivity index (χ1) is 10.6. The van der Waals surface area contributed by atoms with Crippen LogP contribution in [0.25, 0.3) is 0 Å². The van der Waals surface area contributed by atoms with E-state index >= 15 is 0 Å². The Morgan fingerprint density at radius 3 is 3.05 bits per heavy atom. The molecule has 2 rings (SSSR count). The number of benzene rings is 1. The van der Waals surface area contributed by atoms with E-state index in [4.69, 9.17) is 0 Å². The van der Waals surface area contributed by atoms with Crippen LogP contribution in [0.5, 0.6) is 0 Å². The van der Waals surface area contributed by atoms with Crippen molar-refractivity contribution in [1.29, 1.82) is 0 Å². The predicted octanol–water partition coefficient (Wildman–Crippen LogP) is 3.83. The van der Waals surface area contributed by atoms with Gasteiger partial charge in [0.25, 0.3) is 5.91 Å². The molecule has 1 aliphatic heterocycles. The highest BCUT2D eigenvalue weighted by Gasteiger charge is 2.15. The third-order valence-corrected chi connectivity index (χ3v) is 4.79. The molecule has 122 valence electrons. The molecule has 1 aromatic carbocycles. The Morgan fingerprint density at radius 1 is 1.45 bits per heavy atom. The van der Waals surface area contributed by atoms with Crippen LogP contribution in [-0.2, 0) is 0 Å². The van der Waals surface area contributed by atoms with Crippen molar-refractivity contribution in [3.05, 3.63) is 34.1 Å². The van der Waals surface area contributed by atoms with E-state index in [1.165, 1.54) is 38.1 Å². The number of unbranched alkanes of at least 4 members (excludes halogenated alkanes) is 1. The van der Waals surface area contributed by atoms with Crippen molar-refractivity contribution in [2.75, 3.05) is 26.2 Å². The fourth-order valence-corrected chi connectivity index (χ4v) is 3.35. The van der Waals surface area contributed by atoms with Gasteiger partial charge in [-0.1, -0.05) is 6.92 Å². The molecule has 1 N–H and O–H groups in total. The van der Waals surface area contributed by atoms with Crippen molar-refractivity contribution >= 4 is 21.8 Å². The van der Waals surface area contributed by atoms with Crippen molar-refractivity contribution in [2.45, 2.75) is 32.6 Å². The van der Waals surface area contributed by atoms with Gasteiger partial charge in [0.2, 0.25) is 0 Å². The lowest BCUT2D eigenvalue weighted by atomic mass is 10.0. The summed E-state index contributed by atoms with van der Waals surface area (Å²) in [6.45, 7) is 6.44. The highest BCUT2D eigenvalue weighted by atomic mass is 79.9. The third-order valence-electron chi connectivity index (χ3n) is 4.10. The van der Waals surface area contributed by atoms with Gasteiger partial charge in [0.1, 0.15) is 5.82 Å². The minimum Gasteiger partial charge on any atom is -0.352 e. The van der Waals surface area contributed by atoms with Crippen LogP contribution < -0.4 is 5.32 Å².